The molecule has 0 fully saturated rings. The van der Waals surface area contributed by atoms with Crippen molar-refractivity contribution in [1.82, 2.24) is 5.43 Å². The number of para-hydroxylation sites is 1. The Balaban J connectivity index is 1.80. The number of nitrogens with one attached hydrogen (secondary N) is 1. The summed E-state index contributed by atoms with van der Waals surface area (Å²) >= 11 is 0. The summed E-state index contributed by atoms with van der Waals surface area (Å²) in [5.41, 5.74) is 5.05. The van der Waals surface area contributed by atoms with Crippen LogP contribution in [-0.4, -0.2) is 10.8 Å². The topological polar surface area (TPSA) is 75.5 Å². The van der Waals surface area contributed by atoms with Gasteiger partial charge in [-0.2, -0.15) is 0 Å². The first kappa shape index (κ1) is 17.2. The van der Waals surface area contributed by atoms with E-state index in [4.69, 9.17) is 0 Å². The van der Waals surface area contributed by atoms with Crippen LogP contribution in [0.15, 0.2) is 84.9 Å². The molecule has 0 spiro atoms. The summed E-state index contributed by atoms with van der Waals surface area (Å²) < 4.78 is 0. The molecule has 0 aromatic heterocycles. The summed E-state index contributed by atoms with van der Waals surface area (Å²) in [6, 6.07) is 24.8. The number of hydrogen-bond donors (Lipinski definition) is 1. The maximum absolute atomic E-state index is 12.6. The van der Waals surface area contributed by atoms with E-state index in [0.29, 0.717) is 12.1 Å². The van der Waals surface area contributed by atoms with Crippen LogP contribution in [-0.2, 0) is 6.54 Å². The first-order valence-corrected chi connectivity index (χ1v) is 8.05. The van der Waals surface area contributed by atoms with Crippen molar-refractivity contribution in [3.63, 3.8) is 0 Å². The summed E-state index contributed by atoms with van der Waals surface area (Å²) in [6.45, 7) is 0.490. The molecule has 3 rings (SSSR count). The third-order valence-electron chi connectivity index (χ3n) is 3.83. The fourth-order valence-corrected chi connectivity index (χ4v) is 2.49. The van der Waals surface area contributed by atoms with Crippen LogP contribution in [0.2, 0.25) is 0 Å². The molecular weight excluding hydrogens is 330 g/mol. The van der Waals surface area contributed by atoms with Gasteiger partial charge in [0, 0.05) is 17.7 Å². The van der Waals surface area contributed by atoms with Gasteiger partial charge in [0.05, 0.1) is 17.2 Å². The number of nitro groups is 1. The molecule has 6 nitrogen and oxygen atoms in total. The molecular formula is C20H17N3O3. The minimum atomic E-state index is -0.493. The van der Waals surface area contributed by atoms with Crippen molar-refractivity contribution in [2.75, 3.05) is 5.01 Å². The van der Waals surface area contributed by atoms with Gasteiger partial charge >= 0.3 is 0 Å². The second-order valence-electron chi connectivity index (χ2n) is 5.65. The monoisotopic (exact) mass is 347 g/mol. The van der Waals surface area contributed by atoms with Crippen molar-refractivity contribution in [2.45, 2.75) is 6.54 Å². The number of hydrogen-bond acceptors (Lipinski definition) is 4. The smallest absolute Gasteiger partial charge is 0.269 e. The van der Waals surface area contributed by atoms with Crippen LogP contribution in [0.3, 0.4) is 0 Å². The Bertz CT molecular complexity index is 881. The maximum Gasteiger partial charge on any atom is 0.269 e. The number of nitrogens with zero attached hydrogens (tertiary/aromatic N) is 2. The average Bonchev–Trinajstić information content (AvgIpc) is 2.69. The van der Waals surface area contributed by atoms with Crippen molar-refractivity contribution in [1.29, 1.82) is 0 Å². The molecule has 0 aliphatic heterocycles. The molecule has 0 atom stereocenters. The summed E-state index contributed by atoms with van der Waals surface area (Å²) in [5.74, 6) is -0.334. The van der Waals surface area contributed by atoms with Gasteiger partial charge in [0.25, 0.3) is 11.6 Å². The normalized spacial score (nSPS) is 10.2. The molecule has 1 amide bonds. The third-order valence-corrected chi connectivity index (χ3v) is 3.83. The van der Waals surface area contributed by atoms with Crippen molar-refractivity contribution in [2.24, 2.45) is 0 Å². The number of carbonyl (C=O) groups is 1. The molecule has 0 unspecified atom stereocenters. The van der Waals surface area contributed by atoms with Crippen LogP contribution < -0.4 is 10.4 Å². The number of nitro benzene ring substituents is 1. The second-order valence-corrected chi connectivity index (χ2v) is 5.65. The lowest BCUT2D eigenvalue weighted by Gasteiger charge is -2.25. The number of hydrazine groups is 1. The number of carbonyl (C=O) groups excluding carboxylic acids is 1. The zero-order valence-corrected chi connectivity index (χ0v) is 13.9. The summed E-state index contributed by atoms with van der Waals surface area (Å²) in [5, 5.41) is 12.5. The van der Waals surface area contributed by atoms with Crippen molar-refractivity contribution >= 4 is 17.3 Å². The van der Waals surface area contributed by atoms with E-state index >= 15 is 0 Å². The van der Waals surface area contributed by atoms with Gasteiger partial charge in [0.15, 0.2) is 0 Å². The molecule has 0 aliphatic carbocycles. The zero-order valence-electron chi connectivity index (χ0n) is 13.9. The molecule has 0 saturated carbocycles. The second kappa shape index (κ2) is 7.94. The summed E-state index contributed by atoms with van der Waals surface area (Å²) in [6.07, 6.45) is 0. The van der Waals surface area contributed by atoms with E-state index in [1.165, 1.54) is 24.3 Å². The highest BCUT2D eigenvalue weighted by Gasteiger charge is 2.14. The van der Waals surface area contributed by atoms with Gasteiger partial charge < -0.3 is 0 Å². The predicted molar refractivity (Wildman–Crippen MR) is 99.6 cm³/mol. The molecule has 0 bridgehead atoms. The molecule has 0 heterocycles. The third kappa shape index (κ3) is 4.24. The number of non-ortho nitro benzene ring substituents is 1. The standard InChI is InChI=1S/C20H17N3O3/c24-20(17-11-13-19(14-12-17)23(25)26)21-22(18-9-5-2-6-10-18)15-16-7-3-1-4-8-16/h1-14H,15H2,(H,21,24). The van der Waals surface area contributed by atoms with Gasteiger partial charge in [-0.05, 0) is 29.8 Å². The fraction of sp³-hybridized carbons (Fsp3) is 0.0500. The van der Waals surface area contributed by atoms with Crippen molar-refractivity contribution in [3.8, 4) is 0 Å². The zero-order chi connectivity index (χ0) is 18.4. The van der Waals surface area contributed by atoms with Crippen LogP contribution in [0.1, 0.15) is 15.9 Å². The summed E-state index contributed by atoms with van der Waals surface area (Å²) in [4.78, 5) is 22.8. The molecule has 0 saturated heterocycles. The van der Waals surface area contributed by atoms with E-state index in [1.54, 1.807) is 5.01 Å². The Hall–Kier alpha value is -3.67. The SMILES string of the molecule is O=C(NN(Cc1ccccc1)c1ccccc1)c1ccc([N+](=O)[O-])cc1. The Morgan fingerprint density at radius 1 is 0.885 bits per heavy atom. The van der Waals surface area contributed by atoms with Crippen LogP contribution in [0, 0.1) is 10.1 Å². The van der Waals surface area contributed by atoms with Crippen LogP contribution in [0.4, 0.5) is 11.4 Å². The molecule has 3 aromatic carbocycles. The number of rotatable bonds is 6. The highest BCUT2D eigenvalue weighted by molar-refractivity contribution is 5.95. The number of amides is 1. The first-order chi connectivity index (χ1) is 12.6. The largest absolute Gasteiger partial charge is 0.281 e. The van der Waals surface area contributed by atoms with E-state index < -0.39 is 4.92 Å². The van der Waals surface area contributed by atoms with E-state index in [1.807, 2.05) is 60.7 Å². The molecule has 3 aromatic rings. The Labute approximate surface area is 150 Å². The highest BCUT2D eigenvalue weighted by atomic mass is 16.6. The minimum absolute atomic E-state index is 0.0502. The Morgan fingerprint density at radius 2 is 1.46 bits per heavy atom. The Kier molecular flexibility index (Phi) is 5.24. The first-order valence-electron chi connectivity index (χ1n) is 8.05. The molecule has 26 heavy (non-hydrogen) atoms. The molecule has 1 N–H and O–H groups in total. The minimum Gasteiger partial charge on any atom is -0.281 e. The quantitative estimate of drug-likeness (QED) is 0.541. The lowest BCUT2D eigenvalue weighted by Crippen LogP contribution is -2.41. The molecule has 0 aliphatic rings. The predicted octanol–water partition coefficient (Wildman–Crippen LogP) is 3.95. The number of benzene rings is 3. The number of anilines is 1. The maximum atomic E-state index is 12.6. The average molecular weight is 347 g/mol. The Morgan fingerprint density at radius 3 is 2.04 bits per heavy atom. The fourth-order valence-electron chi connectivity index (χ4n) is 2.49. The van der Waals surface area contributed by atoms with E-state index in [-0.39, 0.29) is 11.6 Å². The molecule has 130 valence electrons. The van der Waals surface area contributed by atoms with Gasteiger partial charge in [-0.25, -0.2) is 0 Å². The van der Waals surface area contributed by atoms with Crippen molar-refractivity contribution in [3.05, 3.63) is 106 Å². The van der Waals surface area contributed by atoms with Gasteiger partial charge in [0.2, 0.25) is 0 Å². The lowest BCUT2D eigenvalue weighted by molar-refractivity contribution is -0.384. The van der Waals surface area contributed by atoms with Crippen LogP contribution in [0.5, 0.6) is 0 Å². The van der Waals surface area contributed by atoms with Gasteiger partial charge in [0.1, 0.15) is 0 Å². The van der Waals surface area contributed by atoms with E-state index in [2.05, 4.69) is 5.43 Å². The molecule has 0 radical (unpaired) electrons. The highest BCUT2D eigenvalue weighted by Crippen LogP contribution is 2.16. The summed E-state index contributed by atoms with van der Waals surface area (Å²) in [7, 11) is 0. The van der Waals surface area contributed by atoms with Crippen LogP contribution in [0.25, 0.3) is 0 Å². The van der Waals surface area contributed by atoms with Crippen LogP contribution >= 0.6 is 0 Å². The van der Waals surface area contributed by atoms with E-state index in [0.717, 1.165) is 11.3 Å². The lowest BCUT2D eigenvalue weighted by atomic mass is 10.2. The van der Waals surface area contributed by atoms with Gasteiger partial charge in [-0.1, -0.05) is 48.5 Å². The van der Waals surface area contributed by atoms with E-state index in [9.17, 15) is 14.9 Å². The molecule has 6 heteroatoms. The van der Waals surface area contributed by atoms with Crippen molar-refractivity contribution < 1.29 is 9.72 Å². The van der Waals surface area contributed by atoms with Gasteiger partial charge in [-0.15, -0.1) is 0 Å². The van der Waals surface area contributed by atoms with Gasteiger partial charge in [-0.3, -0.25) is 25.3 Å².